The normalized spacial score (nSPS) is 20.3. The largest absolute Gasteiger partial charge is 0.388 e. The first kappa shape index (κ1) is 31.3. The molecule has 12 heteroatoms. The van der Waals surface area contributed by atoms with Crippen molar-refractivity contribution in [1.82, 2.24) is 28.9 Å². The van der Waals surface area contributed by atoms with E-state index >= 15 is 0 Å². The Morgan fingerprint density at radius 1 is 1.04 bits per heavy atom. The van der Waals surface area contributed by atoms with Crippen molar-refractivity contribution < 1.29 is 9.90 Å². The Bertz CT molecular complexity index is 1900. The average molecular weight is 722 g/mol. The zero-order valence-corrected chi connectivity index (χ0v) is 28.3. The maximum Gasteiger partial charge on any atom is 0.262 e. The fraction of sp³-hybridized carbons (Fsp3) is 0.353. The minimum Gasteiger partial charge on any atom is -0.388 e. The zero-order valence-electron chi connectivity index (χ0n) is 25.1. The number of benzene rings is 2. The Kier molecular flexibility index (Phi) is 8.86. The van der Waals surface area contributed by atoms with Crippen molar-refractivity contribution in [3.05, 3.63) is 109 Å². The number of nitrogens with zero attached hydrogens (tertiary/aromatic N) is 6. The van der Waals surface area contributed by atoms with Gasteiger partial charge in [0.05, 0.1) is 17.5 Å². The summed E-state index contributed by atoms with van der Waals surface area (Å²) in [5, 5.41) is 12.7. The van der Waals surface area contributed by atoms with E-state index in [-0.39, 0.29) is 29.8 Å². The molecule has 2 atom stereocenters. The maximum absolute atomic E-state index is 14.0. The van der Waals surface area contributed by atoms with Gasteiger partial charge in [0, 0.05) is 66.0 Å². The highest BCUT2D eigenvalue weighted by Gasteiger charge is 2.41. The highest BCUT2D eigenvalue weighted by Crippen LogP contribution is 2.36. The average Bonchev–Trinajstić information content (AvgIpc) is 3.69. The van der Waals surface area contributed by atoms with Crippen LogP contribution in [0, 0.1) is 5.92 Å². The smallest absolute Gasteiger partial charge is 0.262 e. The van der Waals surface area contributed by atoms with Crippen LogP contribution >= 0.6 is 38.9 Å². The van der Waals surface area contributed by atoms with E-state index in [1.54, 1.807) is 29.5 Å². The van der Waals surface area contributed by atoms with Crippen molar-refractivity contribution in [3.8, 4) is 5.69 Å². The van der Waals surface area contributed by atoms with Gasteiger partial charge in [-0.1, -0.05) is 41.9 Å². The van der Waals surface area contributed by atoms with Crippen molar-refractivity contribution >= 4 is 55.8 Å². The summed E-state index contributed by atoms with van der Waals surface area (Å²) in [6.45, 7) is 3.47. The molecule has 2 fully saturated rings. The van der Waals surface area contributed by atoms with E-state index in [9.17, 15) is 14.7 Å². The Morgan fingerprint density at radius 3 is 2.52 bits per heavy atom. The van der Waals surface area contributed by atoms with Crippen LogP contribution in [0.3, 0.4) is 0 Å². The van der Waals surface area contributed by atoms with Crippen LogP contribution in [0.5, 0.6) is 0 Å². The monoisotopic (exact) mass is 720 g/mol. The van der Waals surface area contributed by atoms with Crippen molar-refractivity contribution in [2.75, 3.05) is 26.2 Å². The van der Waals surface area contributed by atoms with E-state index in [2.05, 4.69) is 42.9 Å². The predicted octanol–water partition coefficient (Wildman–Crippen LogP) is 5.72. The summed E-state index contributed by atoms with van der Waals surface area (Å²) >= 11 is 11.2. The molecule has 9 nitrogen and oxygen atoms in total. The van der Waals surface area contributed by atoms with Crippen LogP contribution < -0.4 is 5.56 Å². The Balaban J connectivity index is 1.03. The minimum absolute atomic E-state index is 0.0798. The minimum atomic E-state index is -1.11. The van der Waals surface area contributed by atoms with Gasteiger partial charge in [-0.2, -0.15) is 0 Å². The number of hydrogen-bond acceptors (Lipinski definition) is 7. The lowest BCUT2D eigenvalue weighted by Gasteiger charge is -2.43. The number of piperidine rings is 2. The lowest BCUT2D eigenvalue weighted by Crippen LogP contribution is -2.53. The summed E-state index contributed by atoms with van der Waals surface area (Å²) in [5.41, 5.74) is 1.27. The van der Waals surface area contributed by atoms with Crippen molar-refractivity contribution in [3.63, 3.8) is 0 Å². The summed E-state index contributed by atoms with van der Waals surface area (Å²) in [4.78, 5) is 41.9. The second-order valence-corrected chi connectivity index (χ2v) is 15.2. The summed E-state index contributed by atoms with van der Waals surface area (Å²) in [6, 6.07) is 19.4. The van der Waals surface area contributed by atoms with E-state index in [1.807, 2.05) is 52.2 Å². The topological polar surface area (TPSA) is 96.5 Å². The standard InChI is InChI=1S/C34H34BrClN6O3S/c35-33-37-18-26(46-33)19-39-14-10-27(29(20-39)23-4-2-1-3-5-23)31(43)40-16-12-34(45,13-17-40)21-41-22-38-30-28(32(41)44)11-15-42(30)25-8-6-24(36)7-9-25/h1-9,11,15,18,22,27,29,45H,10,12-14,16-17,19-21H2/t27-,29+/m1/s1. The first-order valence-electron chi connectivity index (χ1n) is 15.5. The number of thiazole rings is 1. The third kappa shape index (κ3) is 6.44. The molecule has 0 aliphatic carbocycles. The molecule has 2 saturated heterocycles. The van der Waals surface area contributed by atoms with Crippen molar-refractivity contribution in [2.24, 2.45) is 5.92 Å². The molecule has 2 aliphatic heterocycles. The molecule has 0 spiro atoms. The third-order valence-electron chi connectivity index (χ3n) is 9.39. The van der Waals surface area contributed by atoms with Crippen molar-refractivity contribution in [1.29, 1.82) is 0 Å². The van der Waals surface area contributed by atoms with E-state index < -0.39 is 5.60 Å². The van der Waals surface area contributed by atoms with Gasteiger partial charge in [-0.25, -0.2) is 9.97 Å². The van der Waals surface area contributed by atoms with Gasteiger partial charge in [0.1, 0.15) is 6.33 Å². The molecule has 7 rings (SSSR count). The molecule has 1 amide bonds. The van der Waals surface area contributed by atoms with Crippen LogP contribution in [0.1, 0.15) is 35.6 Å². The van der Waals surface area contributed by atoms with Crippen LogP contribution in [0.2, 0.25) is 5.02 Å². The Morgan fingerprint density at radius 2 is 1.80 bits per heavy atom. The van der Waals surface area contributed by atoms with Gasteiger partial charge in [0.2, 0.25) is 5.91 Å². The molecule has 0 unspecified atom stereocenters. The molecule has 5 heterocycles. The quantitative estimate of drug-likeness (QED) is 0.231. The number of carbonyl (C=O) groups is 1. The SMILES string of the molecule is O=C([C@@H]1CCN(Cc2cnc(Br)s2)C[C@H]1c1ccccc1)N1CCC(O)(Cn2cnc3c(ccn3-c3ccc(Cl)cc3)c2=O)CC1. The number of halogens is 2. The molecule has 2 aliphatic rings. The molecule has 0 radical (unpaired) electrons. The molecule has 5 aromatic rings. The van der Waals surface area contributed by atoms with Gasteiger partial charge in [-0.05, 0) is 77.6 Å². The van der Waals surface area contributed by atoms with Crippen LogP contribution in [0.25, 0.3) is 16.7 Å². The zero-order chi connectivity index (χ0) is 31.8. The van der Waals surface area contributed by atoms with E-state index in [0.29, 0.717) is 42.0 Å². The number of hydrogen-bond donors (Lipinski definition) is 1. The summed E-state index contributed by atoms with van der Waals surface area (Å²) < 4.78 is 4.23. The van der Waals surface area contributed by atoms with Crippen LogP contribution in [-0.4, -0.2) is 71.7 Å². The van der Waals surface area contributed by atoms with E-state index in [4.69, 9.17) is 11.6 Å². The number of aromatic nitrogens is 4. The first-order chi connectivity index (χ1) is 22.3. The fourth-order valence-electron chi connectivity index (χ4n) is 6.90. The van der Waals surface area contributed by atoms with Crippen LogP contribution in [-0.2, 0) is 17.9 Å². The predicted molar refractivity (Wildman–Crippen MR) is 183 cm³/mol. The number of likely N-dealkylation sites (tertiary alicyclic amines) is 2. The third-order valence-corrected chi connectivity index (χ3v) is 11.1. The number of fused-ring (bicyclic) bond motifs is 1. The molecule has 238 valence electrons. The number of rotatable bonds is 7. The molecule has 0 bridgehead atoms. The second-order valence-electron chi connectivity index (χ2n) is 12.4. The Hall–Kier alpha value is -3.35. The molecule has 3 aromatic heterocycles. The highest BCUT2D eigenvalue weighted by atomic mass is 79.9. The molecular weight excluding hydrogens is 688 g/mol. The van der Waals surface area contributed by atoms with Gasteiger partial charge in [-0.15, -0.1) is 11.3 Å². The van der Waals surface area contributed by atoms with Gasteiger partial charge in [-0.3, -0.25) is 19.1 Å². The highest BCUT2D eigenvalue weighted by molar-refractivity contribution is 9.11. The van der Waals surface area contributed by atoms with Crippen LogP contribution in [0.15, 0.2) is 88.1 Å². The van der Waals surface area contributed by atoms with Gasteiger partial charge >= 0.3 is 0 Å². The maximum atomic E-state index is 14.0. The van der Waals surface area contributed by atoms with E-state index in [1.165, 1.54) is 21.3 Å². The summed E-state index contributed by atoms with van der Waals surface area (Å²) in [5.74, 6) is 0.105. The number of aliphatic hydroxyl groups is 1. The lowest BCUT2D eigenvalue weighted by atomic mass is 9.79. The Labute approximate surface area is 284 Å². The molecular formula is C34H34BrClN6O3S. The fourth-order valence-corrected chi connectivity index (χ4v) is 8.43. The van der Waals surface area contributed by atoms with Gasteiger partial charge in [0.15, 0.2) is 9.56 Å². The van der Waals surface area contributed by atoms with E-state index in [0.717, 1.165) is 35.7 Å². The molecule has 1 N–H and O–H groups in total. The lowest BCUT2D eigenvalue weighted by molar-refractivity contribution is -0.142. The number of carbonyl (C=O) groups excluding carboxylic acids is 1. The molecule has 46 heavy (non-hydrogen) atoms. The summed E-state index contributed by atoms with van der Waals surface area (Å²) in [6.07, 6.45) is 6.80. The summed E-state index contributed by atoms with van der Waals surface area (Å²) in [7, 11) is 0. The molecule has 0 saturated carbocycles. The second kappa shape index (κ2) is 13.0. The van der Waals surface area contributed by atoms with Crippen LogP contribution in [0.4, 0.5) is 0 Å². The number of amides is 1. The van der Waals surface area contributed by atoms with Gasteiger partial charge in [0.25, 0.3) is 5.56 Å². The molecule has 2 aromatic carbocycles. The van der Waals surface area contributed by atoms with Gasteiger partial charge < -0.3 is 14.6 Å². The first-order valence-corrected chi connectivity index (χ1v) is 17.5. The van der Waals surface area contributed by atoms with Crippen molar-refractivity contribution in [2.45, 2.75) is 43.9 Å².